The minimum Gasteiger partial charge on any atom is -0.374 e. The van der Waals surface area contributed by atoms with E-state index in [-0.39, 0.29) is 0 Å². The molecule has 0 aliphatic heterocycles. The molecule has 2 nitrogen and oxygen atoms in total. The standard InChI is InChI=1S/C20H26O2/c1-15-5-7-19(11-17(15)3)13-21-9-10-22-14-20-8-6-16(2)18(4)12-20/h5-8,11-12H,9-10,13-14H2,1-4H3. The molecular formula is C20H26O2. The Kier molecular flexibility index (Phi) is 6.17. The van der Waals surface area contributed by atoms with Crippen LogP contribution in [-0.2, 0) is 22.7 Å². The molecule has 0 radical (unpaired) electrons. The topological polar surface area (TPSA) is 18.5 Å². The molecule has 0 saturated heterocycles. The largest absolute Gasteiger partial charge is 0.374 e. The van der Waals surface area contributed by atoms with Crippen LogP contribution < -0.4 is 0 Å². The molecule has 0 heterocycles. The minimum absolute atomic E-state index is 0.623. The second-order valence-electron chi connectivity index (χ2n) is 5.94. The van der Waals surface area contributed by atoms with Gasteiger partial charge in [0.2, 0.25) is 0 Å². The van der Waals surface area contributed by atoms with E-state index in [1.54, 1.807) is 0 Å². The van der Waals surface area contributed by atoms with Gasteiger partial charge in [-0.25, -0.2) is 0 Å². The van der Waals surface area contributed by atoms with Crippen molar-refractivity contribution in [2.24, 2.45) is 0 Å². The molecule has 0 aromatic heterocycles. The predicted molar refractivity (Wildman–Crippen MR) is 91.1 cm³/mol. The number of ether oxygens (including phenoxy) is 2. The van der Waals surface area contributed by atoms with E-state index in [1.165, 1.54) is 33.4 Å². The Bertz CT molecular complexity index is 562. The van der Waals surface area contributed by atoms with Gasteiger partial charge in [0.15, 0.2) is 0 Å². The summed E-state index contributed by atoms with van der Waals surface area (Å²) in [6.07, 6.45) is 0. The van der Waals surface area contributed by atoms with Crippen LogP contribution in [0.3, 0.4) is 0 Å². The normalized spacial score (nSPS) is 10.9. The monoisotopic (exact) mass is 298 g/mol. The van der Waals surface area contributed by atoms with E-state index >= 15 is 0 Å². The van der Waals surface area contributed by atoms with E-state index in [4.69, 9.17) is 9.47 Å². The lowest BCUT2D eigenvalue weighted by molar-refractivity contribution is 0.0338. The molecule has 0 aliphatic carbocycles. The van der Waals surface area contributed by atoms with Gasteiger partial charge in [-0.3, -0.25) is 0 Å². The van der Waals surface area contributed by atoms with Gasteiger partial charge in [0.05, 0.1) is 26.4 Å². The first kappa shape index (κ1) is 16.7. The maximum atomic E-state index is 5.67. The maximum Gasteiger partial charge on any atom is 0.0718 e. The lowest BCUT2D eigenvalue weighted by atomic mass is 10.1. The highest BCUT2D eigenvalue weighted by molar-refractivity contribution is 5.30. The van der Waals surface area contributed by atoms with Crippen LogP contribution in [0.4, 0.5) is 0 Å². The third-order valence-electron chi connectivity index (χ3n) is 4.05. The molecule has 0 saturated carbocycles. The van der Waals surface area contributed by atoms with E-state index in [1.807, 2.05) is 0 Å². The van der Waals surface area contributed by atoms with Gasteiger partial charge in [-0.1, -0.05) is 36.4 Å². The van der Waals surface area contributed by atoms with Crippen LogP contribution in [-0.4, -0.2) is 13.2 Å². The van der Waals surface area contributed by atoms with Crippen molar-refractivity contribution >= 4 is 0 Å². The summed E-state index contributed by atoms with van der Waals surface area (Å²) in [6, 6.07) is 12.9. The summed E-state index contributed by atoms with van der Waals surface area (Å²) in [7, 11) is 0. The van der Waals surface area contributed by atoms with Crippen LogP contribution in [0.25, 0.3) is 0 Å². The molecule has 2 aromatic rings. The van der Waals surface area contributed by atoms with Gasteiger partial charge in [-0.05, 0) is 61.1 Å². The summed E-state index contributed by atoms with van der Waals surface area (Å²) in [5, 5.41) is 0. The van der Waals surface area contributed by atoms with Gasteiger partial charge < -0.3 is 9.47 Å². The lowest BCUT2D eigenvalue weighted by Gasteiger charge is -2.08. The molecule has 0 unspecified atom stereocenters. The van der Waals surface area contributed by atoms with Crippen LogP contribution >= 0.6 is 0 Å². The molecule has 0 spiro atoms. The first-order valence-electron chi connectivity index (χ1n) is 7.84. The van der Waals surface area contributed by atoms with Crippen LogP contribution in [0.5, 0.6) is 0 Å². The van der Waals surface area contributed by atoms with Gasteiger partial charge in [0.1, 0.15) is 0 Å². The van der Waals surface area contributed by atoms with Crippen molar-refractivity contribution in [3.8, 4) is 0 Å². The highest BCUT2D eigenvalue weighted by Gasteiger charge is 1.99. The third-order valence-corrected chi connectivity index (χ3v) is 4.05. The summed E-state index contributed by atoms with van der Waals surface area (Å²) in [5.41, 5.74) is 7.70. The van der Waals surface area contributed by atoms with Crippen LogP contribution in [0.2, 0.25) is 0 Å². The fourth-order valence-corrected chi connectivity index (χ4v) is 2.28. The number of benzene rings is 2. The predicted octanol–water partition coefficient (Wildman–Crippen LogP) is 4.65. The van der Waals surface area contributed by atoms with Crippen molar-refractivity contribution in [2.45, 2.75) is 40.9 Å². The summed E-state index contributed by atoms with van der Waals surface area (Å²) >= 11 is 0. The second kappa shape index (κ2) is 8.11. The number of hydrogen-bond donors (Lipinski definition) is 0. The molecule has 0 atom stereocenters. The number of hydrogen-bond acceptors (Lipinski definition) is 2. The van der Waals surface area contributed by atoms with E-state index < -0.39 is 0 Å². The van der Waals surface area contributed by atoms with Gasteiger partial charge in [0.25, 0.3) is 0 Å². The summed E-state index contributed by atoms with van der Waals surface area (Å²) in [4.78, 5) is 0. The van der Waals surface area contributed by atoms with Crippen molar-refractivity contribution < 1.29 is 9.47 Å². The van der Waals surface area contributed by atoms with Crippen molar-refractivity contribution in [3.05, 3.63) is 69.8 Å². The average Bonchev–Trinajstić information content (AvgIpc) is 2.50. The van der Waals surface area contributed by atoms with Gasteiger partial charge in [-0.15, -0.1) is 0 Å². The Hall–Kier alpha value is -1.64. The fourth-order valence-electron chi connectivity index (χ4n) is 2.28. The van der Waals surface area contributed by atoms with E-state index in [0.717, 1.165) is 0 Å². The molecule has 0 amide bonds. The van der Waals surface area contributed by atoms with Gasteiger partial charge in [0, 0.05) is 0 Å². The Morgan fingerprint density at radius 1 is 0.591 bits per heavy atom. The molecule has 22 heavy (non-hydrogen) atoms. The molecule has 0 aliphatic rings. The van der Waals surface area contributed by atoms with Crippen molar-refractivity contribution in [1.29, 1.82) is 0 Å². The van der Waals surface area contributed by atoms with E-state index in [2.05, 4.69) is 64.1 Å². The molecule has 0 fully saturated rings. The minimum atomic E-state index is 0.623. The van der Waals surface area contributed by atoms with Gasteiger partial charge >= 0.3 is 0 Å². The summed E-state index contributed by atoms with van der Waals surface area (Å²) in [5.74, 6) is 0. The van der Waals surface area contributed by atoms with Crippen LogP contribution in [0.1, 0.15) is 33.4 Å². The third kappa shape index (κ3) is 4.97. The van der Waals surface area contributed by atoms with Gasteiger partial charge in [-0.2, -0.15) is 0 Å². The van der Waals surface area contributed by atoms with Crippen LogP contribution in [0.15, 0.2) is 36.4 Å². The molecule has 2 rings (SSSR count). The molecule has 2 heteroatoms. The van der Waals surface area contributed by atoms with Crippen LogP contribution in [0, 0.1) is 27.7 Å². The molecular weight excluding hydrogens is 272 g/mol. The molecule has 2 aromatic carbocycles. The first-order chi connectivity index (χ1) is 10.6. The van der Waals surface area contributed by atoms with E-state index in [0.29, 0.717) is 26.4 Å². The summed E-state index contributed by atoms with van der Waals surface area (Å²) in [6.45, 7) is 11.1. The summed E-state index contributed by atoms with van der Waals surface area (Å²) < 4.78 is 11.3. The second-order valence-corrected chi connectivity index (χ2v) is 5.94. The Labute approximate surface area is 134 Å². The Balaban J connectivity index is 1.65. The van der Waals surface area contributed by atoms with Crippen molar-refractivity contribution in [1.82, 2.24) is 0 Å². The van der Waals surface area contributed by atoms with Crippen molar-refractivity contribution in [2.75, 3.05) is 13.2 Å². The highest BCUT2D eigenvalue weighted by atomic mass is 16.5. The van der Waals surface area contributed by atoms with E-state index in [9.17, 15) is 0 Å². The quantitative estimate of drug-likeness (QED) is 0.692. The Morgan fingerprint density at radius 3 is 1.36 bits per heavy atom. The zero-order chi connectivity index (χ0) is 15.9. The SMILES string of the molecule is Cc1ccc(COCCOCc2ccc(C)c(C)c2)cc1C. The Morgan fingerprint density at radius 2 is 1.00 bits per heavy atom. The average molecular weight is 298 g/mol. The zero-order valence-corrected chi connectivity index (χ0v) is 14.1. The molecule has 118 valence electrons. The lowest BCUT2D eigenvalue weighted by Crippen LogP contribution is -2.05. The van der Waals surface area contributed by atoms with Crippen molar-refractivity contribution in [3.63, 3.8) is 0 Å². The highest BCUT2D eigenvalue weighted by Crippen LogP contribution is 2.12. The molecule has 0 N–H and O–H groups in total. The smallest absolute Gasteiger partial charge is 0.0718 e. The molecule has 0 bridgehead atoms. The maximum absolute atomic E-state index is 5.67. The fraction of sp³-hybridized carbons (Fsp3) is 0.400. The number of rotatable bonds is 7. The first-order valence-corrected chi connectivity index (χ1v) is 7.84. The number of aryl methyl sites for hydroxylation is 4. The zero-order valence-electron chi connectivity index (χ0n) is 14.1.